The van der Waals surface area contributed by atoms with E-state index in [1.54, 1.807) is 47.8 Å². The quantitative estimate of drug-likeness (QED) is 0.846. The summed E-state index contributed by atoms with van der Waals surface area (Å²) in [5.74, 6) is -1.33. The molecule has 22 heavy (non-hydrogen) atoms. The lowest BCUT2D eigenvalue weighted by molar-refractivity contribution is -0.129. The van der Waals surface area contributed by atoms with Crippen molar-refractivity contribution in [1.29, 1.82) is 0 Å². The van der Waals surface area contributed by atoms with Gasteiger partial charge < -0.3 is 10.1 Å². The fourth-order valence-electron chi connectivity index (χ4n) is 1.70. The molecule has 0 radical (unpaired) electrons. The summed E-state index contributed by atoms with van der Waals surface area (Å²) in [6.45, 7) is 0. The molecule has 0 saturated carbocycles. The zero-order chi connectivity index (χ0) is 15.9. The van der Waals surface area contributed by atoms with Gasteiger partial charge in [-0.25, -0.2) is 9.59 Å². The third kappa shape index (κ3) is 3.92. The van der Waals surface area contributed by atoms with Gasteiger partial charge in [0.05, 0.1) is 0 Å². The van der Waals surface area contributed by atoms with E-state index in [-0.39, 0.29) is 0 Å². The normalized spacial score (nSPS) is 11.3. The van der Waals surface area contributed by atoms with Crippen molar-refractivity contribution in [2.75, 3.05) is 7.05 Å². The van der Waals surface area contributed by atoms with E-state index in [1.807, 2.05) is 0 Å². The Kier molecular flexibility index (Phi) is 5.26. The molecule has 0 fully saturated rings. The van der Waals surface area contributed by atoms with Gasteiger partial charge in [-0.3, -0.25) is 10.1 Å². The molecule has 0 aliphatic heterocycles. The molecule has 0 saturated heterocycles. The molecule has 1 aromatic carbocycles. The van der Waals surface area contributed by atoms with Crippen LogP contribution in [-0.2, 0) is 9.53 Å². The average Bonchev–Trinajstić information content (AvgIpc) is 3.07. The monoisotopic (exact) mass is 318 g/mol. The molecule has 2 rings (SSSR count). The van der Waals surface area contributed by atoms with Crippen molar-refractivity contribution in [3.05, 3.63) is 58.3 Å². The smallest absolute Gasteiger partial charge is 0.349 e. The average molecular weight is 318 g/mol. The molecule has 114 valence electrons. The van der Waals surface area contributed by atoms with E-state index in [0.29, 0.717) is 10.4 Å². The number of carbonyl (C=O) groups excluding carboxylic acids is 3. The number of hydrogen-bond donors (Lipinski definition) is 2. The Morgan fingerprint density at radius 3 is 2.41 bits per heavy atom. The number of esters is 1. The number of rotatable bonds is 4. The lowest BCUT2D eigenvalue weighted by atomic mass is 10.1. The molecule has 0 spiro atoms. The molecule has 1 atom stereocenters. The first-order valence-corrected chi connectivity index (χ1v) is 7.32. The highest BCUT2D eigenvalue weighted by Crippen LogP contribution is 2.21. The van der Waals surface area contributed by atoms with Crippen LogP contribution in [0.4, 0.5) is 4.79 Å². The van der Waals surface area contributed by atoms with Crippen LogP contribution in [0, 0.1) is 0 Å². The number of amides is 3. The van der Waals surface area contributed by atoms with Gasteiger partial charge in [0, 0.05) is 12.6 Å². The van der Waals surface area contributed by atoms with E-state index >= 15 is 0 Å². The van der Waals surface area contributed by atoms with Gasteiger partial charge in [0.1, 0.15) is 4.88 Å². The van der Waals surface area contributed by atoms with E-state index in [9.17, 15) is 14.4 Å². The summed E-state index contributed by atoms with van der Waals surface area (Å²) < 4.78 is 5.27. The van der Waals surface area contributed by atoms with Crippen molar-refractivity contribution in [3.8, 4) is 0 Å². The molecule has 2 N–H and O–H groups in total. The number of benzene rings is 1. The minimum absolute atomic E-state index is 0.383. The second-order valence-corrected chi connectivity index (χ2v) is 5.19. The maximum Gasteiger partial charge on any atom is 0.349 e. The molecule has 0 aliphatic carbocycles. The minimum Gasteiger partial charge on any atom is -0.443 e. The predicted octanol–water partition coefficient (Wildman–Crippen LogP) is 2.10. The molecule has 0 bridgehead atoms. The third-order valence-corrected chi connectivity index (χ3v) is 3.60. The first kappa shape index (κ1) is 15.7. The summed E-state index contributed by atoms with van der Waals surface area (Å²) >= 11 is 1.21. The van der Waals surface area contributed by atoms with Crippen molar-refractivity contribution in [2.24, 2.45) is 0 Å². The number of ether oxygens (including phenoxy) is 1. The van der Waals surface area contributed by atoms with Gasteiger partial charge in [0.2, 0.25) is 6.10 Å². The molecular weight excluding hydrogens is 304 g/mol. The number of carbonyl (C=O) groups is 3. The van der Waals surface area contributed by atoms with Crippen molar-refractivity contribution in [1.82, 2.24) is 10.6 Å². The van der Waals surface area contributed by atoms with Gasteiger partial charge in [-0.1, -0.05) is 36.4 Å². The summed E-state index contributed by atoms with van der Waals surface area (Å²) in [4.78, 5) is 35.9. The highest BCUT2D eigenvalue weighted by Gasteiger charge is 2.27. The van der Waals surface area contributed by atoms with Gasteiger partial charge >= 0.3 is 12.0 Å². The predicted molar refractivity (Wildman–Crippen MR) is 81.5 cm³/mol. The number of thiophene rings is 1. The van der Waals surface area contributed by atoms with E-state index < -0.39 is 24.0 Å². The van der Waals surface area contributed by atoms with Crippen LogP contribution in [0.25, 0.3) is 0 Å². The summed E-state index contributed by atoms with van der Waals surface area (Å²) in [5.41, 5.74) is 0.480. The Morgan fingerprint density at radius 2 is 1.82 bits per heavy atom. The minimum atomic E-state index is -1.20. The largest absolute Gasteiger partial charge is 0.443 e. The molecule has 2 aromatic rings. The molecule has 3 amide bonds. The Labute approximate surface area is 131 Å². The molecule has 1 heterocycles. The first-order chi connectivity index (χ1) is 10.6. The van der Waals surface area contributed by atoms with Crippen molar-refractivity contribution < 1.29 is 19.1 Å². The van der Waals surface area contributed by atoms with Gasteiger partial charge in [0.25, 0.3) is 5.91 Å². The van der Waals surface area contributed by atoms with Crippen LogP contribution in [0.2, 0.25) is 0 Å². The number of hydrogen-bond acceptors (Lipinski definition) is 5. The molecular formula is C15H14N2O4S. The lowest BCUT2D eigenvalue weighted by Crippen LogP contribution is -2.41. The molecule has 0 unspecified atom stereocenters. The summed E-state index contributed by atoms with van der Waals surface area (Å²) in [6.07, 6.45) is -1.20. The zero-order valence-electron chi connectivity index (χ0n) is 11.7. The van der Waals surface area contributed by atoms with Crippen LogP contribution >= 0.6 is 11.3 Å². The maximum absolute atomic E-state index is 12.2. The van der Waals surface area contributed by atoms with Gasteiger partial charge in [-0.15, -0.1) is 11.3 Å². The number of urea groups is 1. The van der Waals surface area contributed by atoms with Crippen LogP contribution in [0.1, 0.15) is 21.3 Å². The Bertz CT molecular complexity index is 655. The Morgan fingerprint density at radius 1 is 1.09 bits per heavy atom. The fourth-order valence-corrected chi connectivity index (χ4v) is 2.31. The summed E-state index contributed by atoms with van der Waals surface area (Å²) in [7, 11) is 1.39. The fraction of sp³-hybridized carbons (Fsp3) is 0.133. The standard InChI is InChI=1S/C15H14N2O4S/c1-16-15(20)17-13(18)12(10-6-3-2-4-7-10)21-14(19)11-8-5-9-22-11/h2-9,12H,1H3,(H2,16,17,18,20)/t12-/m0/s1. The second kappa shape index (κ2) is 7.37. The van der Waals surface area contributed by atoms with Crippen LogP contribution < -0.4 is 10.6 Å². The number of imide groups is 1. The molecule has 0 aliphatic rings. The van der Waals surface area contributed by atoms with E-state index in [2.05, 4.69) is 10.6 Å². The zero-order valence-corrected chi connectivity index (χ0v) is 12.6. The van der Waals surface area contributed by atoms with Crippen LogP contribution in [0.15, 0.2) is 47.8 Å². The van der Waals surface area contributed by atoms with E-state index in [0.717, 1.165) is 0 Å². The van der Waals surface area contributed by atoms with Gasteiger partial charge in [0.15, 0.2) is 0 Å². The first-order valence-electron chi connectivity index (χ1n) is 6.44. The topological polar surface area (TPSA) is 84.5 Å². The summed E-state index contributed by atoms with van der Waals surface area (Å²) in [5, 5.41) is 6.12. The summed E-state index contributed by atoms with van der Waals surface area (Å²) in [6, 6.07) is 11.2. The maximum atomic E-state index is 12.2. The Balaban J connectivity index is 2.20. The SMILES string of the molecule is CNC(=O)NC(=O)[C@@H](OC(=O)c1cccs1)c1ccccc1. The van der Waals surface area contributed by atoms with Crippen molar-refractivity contribution in [3.63, 3.8) is 0 Å². The van der Waals surface area contributed by atoms with E-state index in [4.69, 9.17) is 4.74 Å². The van der Waals surface area contributed by atoms with Gasteiger partial charge in [-0.05, 0) is 11.4 Å². The highest BCUT2D eigenvalue weighted by molar-refractivity contribution is 7.11. The van der Waals surface area contributed by atoms with Crippen LogP contribution in [0.5, 0.6) is 0 Å². The molecule has 6 nitrogen and oxygen atoms in total. The second-order valence-electron chi connectivity index (χ2n) is 4.24. The molecule has 1 aromatic heterocycles. The lowest BCUT2D eigenvalue weighted by Gasteiger charge is -2.17. The van der Waals surface area contributed by atoms with Crippen LogP contribution in [-0.4, -0.2) is 25.0 Å². The third-order valence-electron chi connectivity index (χ3n) is 2.75. The van der Waals surface area contributed by atoms with Crippen LogP contribution in [0.3, 0.4) is 0 Å². The van der Waals surface area contributed by atoms with Gasteiger partial charge in [-0.2, -0.15) is 0 Å². The highest BCUT2D eigenvalue weighted by atomic mass is 32.1. The van der Waals surface area contributed by atoms with Crippen molar-refractivity contribution in [2.45, 2.75) is 6.10 Å². The van der Waals surface area contributed by atoms with Crippen molar-refractivity contribution >= 4 is 29.2 Å². The van der Waals surface area contributed by atoms with E-state index in [1.165, 1.54) is 18.4 Å². The Hall–Kier alpha value is -2.67. The number of nitrogens with one attached hydrogen (secondary N) is 2. The molecule has 7 heteroatoms.